The molecule has 7 heteroatoms. The van der Waals surface area contributed by atoms with Crippen LogP contribution in [0, 0.1) is 6.92 Å². The van der Waals surface area contributed by atoms with Gasteiger partial charge in [-0.25, -0.2) is 8.42 Å². The molecule has 0 aromatic carbocycles. The van der Waals surface area contributed by atoms with Crippen LogP contribution in [-0.2, 0) is 21.1 Å². The molecule has 0 bridgehead atoms. The van der Waals surface area contributed by atoms with Crippen molar-refractivity contribution in [2.45, 2.75) is 51.0 Å². The highest BCUT2D eigenvalue weighted by Gasteiger charge is 2.35. The number of carboxylic acid groups (broad SMARTS) is 1. The minimum absolute atomic E-state index is 0.0120. The fraction of sp³-hybridized carbons (Fsp3) is 0.714. The van der Waals surface area contributed by atoms with Crippen molar-refractivity contribution in [3.63, 3.8) is 0 Å². The standard InChI is InChI=1S/C14H20N2O4S/c1-9-14-10(7-13(17)18)3-2-4-12(14)16(15-9)11-5-6-21(19,20)8-11/h10-11H,2-8H2,1H3,(H,17,18). The van der Waals surface area contributed by atoms with E-state index >= 15 is 0 Å². The summed E-state index contributed by atoms with van der Waals surface area (Å²) in [6.45, 7) is 1.90. The minimum Gasteiger partial charge on any atom is -0.481 e. The SMILES string of the molecule is Cc1nn(C2CCS(=O)(=O)C2)c2c1C(CC(=O)O)CCC2. The van der Waals surface area contributed by atoms with Gasteiger partial charge in [0.15, 0.2) is 9.84 Å². The zero-order valence-electron chi connectivity index (χ0n) is 12.1. The van der Waals surface area contributed by atoms with Crippen LogP contribution < -0.4 is 0 Å². The fourth-order valence-electron chi connectivity index (χ4n) is 3.73. The highest BCUT2D eigenvalue weighted by Crippen LogP contribution is 2.38. The number of carboxylic acids is 1. The highest BCUT2D eigenvalue weighted by molar-refractivity contribution is 7.91. The molecule has 6 nitrogen and oxygen atoms in total. The Labute approximate surface area is 124 Å². The molecule has 2 atom stereocenters. The molecule has 1 N–H and O–H groups in total. The van der Waals surface area contributed by atoms with Crippen molar-refractivity contribution in [1.82, 2.24) is 9.78 Å². The summed E-state index contributed by atoms with van der Waals surface area (Å²) < 4.78 is 25.2. The van der Waals surface area contributed by atoms with Gasteiger partial charge in [-0.1, -0.05) is 0 Å². The van der Waals surface area contributed by atoms with E-state index in [1.807, 2.05) is 11.6 Å². The third-order valence-electron chi connectivity index (χ3n) is 4.58. The van der Waals surface area contributed by atoms with Gasteiger partial charge in [-0.2, -0.15) is 5.10 Å². The third-order valence-corrected chi connectivity index (χ3v) is 6.34. The Morgan fingerprint density at radius 1 is 1.43 bits per heavy atom. The van der Waals surface area contributed by atoms with Gasteiger partial charge in [0.1, 0.15) is 0 Å². The molecule has 1 saturated heterocycles. The summed E-state index contributed by atoms with van der Waals surface area (Å²) in [4.78, 5) is 11.0. The van der Waals surface area contributed by atoms with Gasteiger partial charge in [0.05, 0.1) is 29.7 Å². The van der Waals surface area contributed by atoms with E-state index in [2.05, 4.69) is 5.10 Å². The first kappa shape index (κ1) is 14.6. The molecular formula is C14H20N2O4S. The second kappa shape index (κ2) is 5.12. The number of nitrogens with zero attached hydrogens (tertiary/aromatic N) is 2. The summed E-state index contributed by atoms with van der Waals surface area (Å²) in [6.07, 6.45) is 3.41. The number of hydrogen-bond donors (Lipinski definition) is 1. The van der Waals surface area contributed by atoms with E-state index in [0.717, 1.165) is 36.2 Å². The molecule has 1 aliphatic carbocycles. The minimum atomic E-state index is -2.95. The van der Waals surface area contributed by atoms with Crippen molar-refractivity contribution < 1.29 is 18.3 Å². The van der Waals surface area contributed by atoms with Crippen LogP contribution >= 0.6 is 0 Å². The number of fused-ring (bicyclic) bond motifs is 1. The molecule has 0 amide bonds. The summed E-state index contributed by atoms with van der Waals surface area (Å²) >= 11 is 0. The Morgan fingerprint density at radius 3 is 2.81 bits per heavy atom. The summed E-state index contributed by atoms with van der Waals surface area (Å²) in [5.74, 6) is -0.393. The van der Waals surface area contributed by atoms with Crippen molar-refractivity contribution in [3.05, 3.63) is 17.0 Å². The Balaban J connectivity index is 1.97. The maximum absolute atomic E-state index is 11.7. The smallest absolute Gasteiger partial charge is 0.303 e. The zero-order valence-corrected chi connectivity index (χ0v) is 12.9. The lowest BCUT2D eigenvalue weighted by atomic mass is 9.83. The zero-order chi connectivity index (χ0) is 15.2. The van der Waals surface area contributed by atoms with E-state index in [0.29, 0.717) is 6.42 Å². The van der Waals surface area contributed by atoms with Gasteiger partial charge >= 0.3 is 5.97 Å². The number of aryl methyl sites for hydroxylation is 1. The largest absolute Gasteiger partial charge is 0.481 e. The number of aromatic nitrogens is 2. The molecule has 116 valence electrons. The lowest BCUT2D eigenvalue weighted by molar-refractivity contribution is -0.137. The van der Waals surface area contributed by atoms with Crippen LogP contribution in [0.2, 0.25) is 0 Å². The van der Waals surface area contributed by atoms with Gasteiger partial charge in [-0.3, -0.25) is 9.48 Å². The van der Waals surface area contributed by atoms with Crippen molar-refractivity contribution in [3.8, 4) is 0 Å². The van der Waals surface area contributed by atoms with Crippen molar-refractivity contribution in [2.75, 3.05) is 11.5 Å². The third kappa shape index (κ3) is 2.71. The van der Waals surface area contributed by atoms with Crippen LogP contribution in [-0.4, -0.2) is 40.8 Å². The van der Waals surface area contributed by atoms with E-state index in [1.165, 1.54) is 0 Å². The van der Waals surface area contributed by atoms with E-state index in [1.54, 1.807) is 0 Å². The predicted octanol–water partition coefficient (Wildman–Crippen LogP) is 1.45. The molecule has 21 heavy (non-hydrogen) atoms. The Hall–Kier alpha value is -1.37. The van der Waals surface area contributed by atoms with Gasteiger partial charge < -0.3 is 5.11 Å². The van der Waals surface area contributed by atoms with E-state index in [9.17, 15) is 13.2 Å². The summed E-state index contributed by atoms with van der Waals surface area (Å²) in [7, 11) is -2.95. The molecule has 0 saturated carbocycles. The highest BCUT2D eigenvalue weighted by atomic mass is 32.2. The maximum Gasteiger partial charge on any atom is 0.303 e. The van der Waals surface area contributed by atoms with Crippen LogP contribution in [0.25, 0.3) is 0 Å². The first-order chi connectivity index (χ1) is 9.87. The van der Waals surface area contributed by atoms with Crippen molar-refractivity contribution in [2.24, 2.45) is 0 Å². The molecule has 2 heterocycles. The predicted molar refractivity (Wildman–Crippen MR) is 77.2 cm³/mol. The summed E-state index contributed by atoms with van der Waals surface area (Å²) in [5.41, 5.74) is 2.97. The number of carbonyl (C=O) groups is 1. The molecule has 2 unspecified atom stereocenters. The molecule has 3 rings (SSSR count). The quantitative estimate of drug-likeness (QED) is 0.912. The number of hydrogen-bond acceptors (Lipinski definition) is 4. The number of aliphatic carboxylic acids is 1. The molecule has 1 aliphatic heterocycles. The lowest BCUT2D eigenvalue weighted by Gasteiger charge is -2.23. The van der Waals surface area contributed by atoms with Crippen LogP contribution in [0.4, 0.5) is 0 Å². The van der Waals surface area contributed by atoms with E-state index in [4.69, 9.17) is 5.11 Å². The molecule has 1 aromatic rings. The average molecular weight is 312 g/mol. The lowest BCUT2D eigenvalue weighted by Crippen LogP contribution is -2.19. The Bertz CT molecular complexity index is 677. The topological polar surface area (TPSA) is 89.3 Å². The Morgan fingerprint density at radius 2 is 2.19 bits per heavy atom. The Kier molecular flexibility index (Phi) is 3.55. The van der Waals surface area contributed by atoms with E-state index < -0.39 is 15.8 Å². The summed E-state index contributed by atoms with van der Waals surface area (Å²) in [6, 6.07) is -0.0824. The summed E-state index contributed by atoms with van der Waals surface area (Å²) in [5, 5.41) is 13.6. The van der Waals surface area contributed by atoms with Crippen molar-refractivity contribution in [1.29, 1.82) is 0 Å². The molecule has 1 fully saturated rings. The molecule has 1 aromatic heterocycles. The number of rotatable bonds is 3. The van der Waals surface area contributed by atoms with Gasteiger partial charge in [0, 0.05) is 5.69 Å². The molecular weight excluding hydrogens is 292 g/mol. The van der Waals surface area contributed by atoms with Gasteiger partial charge in [-0.15, -0.1) is 0 Å². The van der Waals surface area contributed by atoms with Crippen molar-refractivity contribution >= 4 is 15.8 Å². The van der Waals surface area contributed by atoms with Gasteiger partial charge in [0.2, 0.25) is 0 Å². The molecule has 2 aliphatic rings. The van der Waals surface area contributed by atoms with Crippen LogP contribution in [0.15, 0.2) is 0 Å². The first-order valence-electron chi connectivity index (χ1n) is 7.37. The maximum atomic E-state index is 11.7. The number of sulfone groups is 1. The van der Waals surface area contributed by atoms with Crippen LogP contribution in [0.5, 0.6) is 0 Å². The van der Waals surface area contributed by atoms with Gasteiger partial charge in [0.25, 0.3) is 0 Å². The first-order valence-corrected chi connectivity index (χ1v) is 9.19. The monoisotopic (exact) mass is 312 g/mol. The van der Waals surface area contributed by atoms with Gasteiger partial charge in [-0.05, 0) is 44.1 Å². The second-order valence-corrected chi connectivity index (χ2v) is 8.36. The van der Waals surface area contributed by atoms with Crippen LogP contribution in [0.1, 0.15) is 54.6 Å². The normalized spacial score (nSPS) is 27.5. The average Bonchev–Trinajstić information content (AvgIpc) is 2.90. The van der Waals surface area contributed by atoms with Crippen LogP contribution in [0.3, 0.4) is 0 Å². The molecule has 0 spiro atoms. The molecule has 0 radical (unpaired) electrons. The van der Waals surface area contributed by atoms with E-state index in [-0.39, 0.29) is 29.9 Å². The second-order valence-electron chi connectivity index (χ2n) is 6.13. The fourth-order valence-corrected chi connectivity index (χ4v) is 5.43.